The van der Waals surface area contributed by atoms with Crippen LogP contribution in [0.5, 0.6) is 5.75 Å². The van der Waals surface area contributed by atoms with Gasteiger partial charge in [-0.05, 0) is 48.7 Å². The van der Waals surface area contributed by atoms with Crippen LogP contribution in [0.15, 0.2) is 60.8 Å². The molecule has 7 heteroatoms. The molecule has 1 atom stereocenters. The zero-order valence-electron chi connectivity index (χ0n) is 15.9. The number of benzene rings is 2. The molecule has 2 aromatic carbocycles. The summed E-state index contributed by atoms with van der Waals surface area (Å²) in [7, 11) is 0. The molecular weight excluding hydrogens is 390 g/mol. The van der Waals surface area contributed by atoms with Crippen molar-refractivity contribution >= 4 is 23.3 Å². The smallest absolute Gasteiger partial charge is 0.256 e. The number of nitrogens with one attached hydrogen (secondary N) is 1. The third-order valence-corrected chi connectivity index (χ3v) is 5.01. The summed E-state index contributed by atoms with van der Waals surface area (Å²) in [6, 6.07) is 16.5. The van der Waals surface area contributed by atoms with Crippen molar-refractivity contribution in [1.29, 1.82) is 0 Å². The predicted molar refractivity (Wildman–Crippen MR) is 112 cm³/mol. The number of carbonyl (C=O) groups excluding carboxylic acids is 1. The van der Waals surface area contributed by atoms with Crippen LogP contribution in [0.4, 0.5) is 5.82 Å². The van der Waals surface area contributed by atoms with E-state index in [-0.39, 0.29) is 12.0 Å². The van der Waals surface area contributed by atoms with Crippen LogP contribution < -0.4 is 10.1 Å². The minimum atomic E-state index is -0.217. The minimum absolute atomic E-state index is 0.134. The Balaban J connectivity index is 1.40. The Bertz CT molecular complexity index is 965. The maximum Gasteiger partial charge on any atom is 0.256 e. The Labute approximate surface area is 174 Å². The van der Waals surface area contributed by atoms with Crippen LogP contribution in [0.3, 0.4) is 0 Å². The molecule has 1 fully saturated rings. The summed E-state index contributed by atoms with van der Waals surface area (Å²) in [5.41, 5.74) is 1.56. The zero-order valence-corrected chi connectivity index (χ0v) is 16.6. The Hall–Kier alpha value is -2.83. The first-order valence-electron chi connectivity index (χ1n) is 9.59. The lowest BCUT2D eigenvalue weighted by Gasteiger charge is -2.13. The molecule has 1 N–H and O–H groups in total. The van der Waals surface area contributed by atoms with Gasteiger partial charge < -0.3 is 14.8 Å². The molecule has 1 unspecified atom stereocenters. The molecule has 6 nitrogen and oxygen atoms in total. The molecule has 0 saturated carbocycles. The number of halogens is 1. The van der Waals surface area contributed by atoms with Crippen LogP contribution in [-0.4, -0.2) is 35.0 Å². The van der Waals surface area contributed by atoms with E-state index in [1.165, 1.54) is 0 Å². The number of nitrogens with zero attached hydrogens (tertiary/aromatic N) is 2. The number of rotatable bonds is 7. The van der Waals surface area contributed by atoms with Gasteiger partial charge in [0.25, 0.3) is 5.91 Å². The van der Waals surface area contributed by atoms with Crippen molar-refractivity contribution in [3.05, 3.63) is 76.9 Å². The molecule has 150 valence electrons. The lowest BCUT2D eigenvalue weighted by atomic mass is 10.2. The van der Waals surface area contributed by atoms with Crippen LogP contribution >= 0.6 is 11.6 Å². The average molecular weight is 412 g/mol. The standard InChI is InChI=1S/C22H22ClN3O3/c23-18-8-6-16(7-9-18)14-26-21(10-11-24-26)25-22(27)17-3-1-4-19(13-17)29-15-20-5-2-12-28-20/h1,3-4,6-11,13,20H,2,5,12,14-15H2,(H,25,27). The highest BCUT2D eigenvalue weighted by atomic mass is 35.5. The fourth-order valence-electron chi connectivity index (χ4n) is 3.21. The lowest BCUT2D eigenvalue weighted by molar-refractivity contribution is 0.0679. The number of anilines is 1. The van der Waals surface area contributed by atoms with Crippen molar-refractivity contribution in [3.63, 3.8) is 0 Å². The van der Waals surface area contributed by atoms with Crippen molar-refractivity contribution in [1.82, 2.24) is 9.78 Å². The lowest BCUT2D eigenvalue weighted by Crippen LogP contribution is -2.18. The summed E-state index contributed by atoms with van der Waals surface area (Å²) in [6.07, 6.45) is 3.87. The van der Waals surface area contributed by atoms with Crippen molar-refractivity contribution in [3.8, 4) is 5.75 Å². The van der Waals surface area contributed by atoms with Gasteiger partial charge in [0.15, 0.2) is 0 Å². The second kappa shape index (κ2) is 9.11. The van der Waals surface area contributed by atoms with E-state index in [2.05, 4.69) is 10.4 Å². The van der Waals surface area contributed by atoms with E-state index in [0.29, 0.717) is 35.3 Å². The van der Waals surface area contributed by atoms with Gasteiger partial charge in [0.05, 0.1) is 18.8 Å². The molecule has 29 heavy (non-hydrogen) atoms. The van der Waals surface area contributed by atoms with Crippen molar-refractivity contribution < 1.29 is 14.3 Å². The third kappa shape index (κ3) is 5.16. The third-order valence-electron chi connectivity index (χ3n) is 4.76. The van der Waals surface area contributed by atoms with Gasteiger partial charge in [0.2, 0.25) is 0 Å². The van der Waals surface area contributed by atoms with E-state index in [1.54, 1.807) is 29.1 Å². The maximum atomic E-state index is 12.7. The molecule has 3 aromatic rings. The van der Waals surface area contributed by atoms with Gasteiger partial charge in [0.1, 0.15) is 18.2 Å². The predicted octanol–water partition coefficient (Wildman–Crippen LogP) is 4.39. The molecule has 0 radical (unpaired) electrons. The minimum Gasteiger partial charge on any atom is -0.491 e. The summed E-state index contributed by atoms with van der Waals surface area (Å²) < 4.78 is 13.1. The average Bonchev–Trinajstić information content (AvgIpc) is 3.41. The highest BCUT2D eigenvalue weighted by Crippen LogP contribution is 2.19. The Kier molecular flexibility index (Phi) is 6.12. The van der Waals surface area contributed by atoms with E-state index in [1.807, 2.05) is 36.4 Å². The molecule has 1 aromatic heterocycles. The number of hydrogen-bond donors (Lipinski definition) is 1. The number of hydrogen-bond acceptors (Lipinski definition) is 4. The fourth-order valence-corrected chi connectivity index (χ4v) is 3.33. The first-order chi connectivity index (χ1) is 14.2. The highest BCUT2D eigenvalue weighted by Gasteiger charge is 2.16. The van der Waals surface area contributed by atoms with Crippen LogP contribution in [0.25, 0.3) is 0 Å². The quantitative estimate of drug-likeness (QED) is 0.626. The Morgan fingerprint density at radius 1 is 1.24 bits per heavy atom. The van der Waals surface area contributed by atoms with Crippen LogP contribution in [0.2, 0.25) is 5.02 Å². The van der Waals surface area contributed by atoms with Crippen LogP contribution in [0, 0.1) is 0 Å². The van der Waals surface area contributed by atoms with Crippen molar-refractivity contribution in [2.75, 3.05) is 18.5 Å². The van der Waals surface area contributed by atoms with Gasteiger partial charge >= 0.3 is 0 Å². The van der Waals surface area contributed by atoms with Gasteiger partial charge in [-0.25, -0.2) is 4.68 Å². The monoisotopic (exact) mass is 411 g/mol. The van der Waals surface area contributed by atoms with Gasteiger partial charge in [-0.15, -0.1) is 0 Å². The summed E-state index contributed by atoms with van der Waals surface area (Å²) in [4.78, 5) is 12.7. The van der Waals surface area contributed by atoms with E-state index < -0.39 is 0 Å². The second-order valence-electron chi connectivity index (χ2n) is 6.93. The van der Waals surface area contributed by atoms with E-state index in [4.69, 9.17) is 21.1 Å². The topological polar surface area (TPSA) is 65.4 Å². The Morgan fingerprint density at radius 3 is 2.90 bits per heavy atom. The van der Waals surface area contributed by atoms with Crippen LogP contribution in [-0.2, 0) is 11.3 Å². The summed E-state index contributed by atoms with van der Waals surface area (Å²) >= 11 is 5.94. The Morgan fingerprint density at radius 2 is 2.10 bits per heavy atom. The second-order valence-corrected chi connectivity index (χ2v) is 7.36. The number of amides is 1. The summed E-state index contributed by atoms with van der Waals surface area (Å²) in [5, 5.41) is 7.90. The van der Waals surface area contributed by atoms with E-state index in [9.17, 15) is 4.79 Å². The molecule has 4 rings (SSSR count). The van der Waals surface area contributed by atoms with Gasteiger partial charge in [-0.2, -0.15) is 5.10 Å². The molecule has 1 saturated heterocycles. The number of carbonyl (C=O) groups is 1. The van der Waals surface area contributed by atoms with Gasteiger partial charge in [-0.3, -0.25) is 4.79 Å². The zero-order chi connectivity index (χ0) is 20.1. The van der Waals surface area contributed by atoms with E-state index in [0.717, 1.165) is 25.0 Å². The first kappa shape index (κ1) is 19.5. The molecule has 0 spiro atoms. The molecule has 0 bridgehead atoms. The molecule has 0 aliphatic carbocycles. The molecule has 1 amide bonds. The van der Waals surface area contributed by atoms with E-state index >= 15 is 0 Å². The highest BCUT2D eigenvalue weighted by molar-refractivity contribution is 6.30. The van der Waals surface area contributed by atoms with Gasteiger partial charge in [0, 0.05) is 23.3 Å². The fraction of sp³-hybridized carbons (Fsp3) is 0.273. The molecule has 1 aliphatic heterocycles. The summed E-state index contributed by atoms with van der Waals surface area (Å²) in [6.45, 7) is 1.82. The number of ether oxygens (including phenoxy) is 2. The number of aromatic nitrogens is 2. The van der Waals surface area contributed by atoms with Crippen molar-refractivity contribution in [2.45, 2.75) is 25.5 Å². The SMILES string of the molecule is O=C(Nc1ccnn1Cc1ccc(Cl)cc1)c1cccc(OCC2CCCO2)c1. The molecule has 1 aliphatic rings. The summed E-state index contributed by atoms with van der Waals surface area (Å²) in [5.74, 6) is 1.06. The molecular formula is C22H22ClN3O3. The van der Waals surface area contributed by atoms with Crippen LogP contribution in [0.1, 0.15) is 28.8 Å². The first-order valence-corrected chi connectivity index (χ1v) is 9.97. The van der Waals surface area contributed by atoms with Gasteiger partial charge in [-0.1, -0.05) is 29.8 Å². The maximum absolute atomic E-state index is 12.7. The van der Waals surface area contributed by atoms with Crippen molar-refractivity contribution in [2.24, 2.45) is 0 Å². The molecule has 2 heterocycles. The normalized spacial score (nSPS) is 16.0. The largest absolute Gasteiger partial charge is 0.491 e.